The van der Waals surface area contributed by atoms with E-state index in [1.165, 1.54) is 16.9 Å². The van der Waals surface area contributed by atoms with Crippen molar-refractivity contribution in [3.8, 4) is 23.1 Å². The number of hydrogen-bond acceptors (Lipinski definition) is 8. The molecular weight excluding hydrogens is 530 g/mol. The summed E-state index contributed by atoms with van der Waals surface area (Å²) >= 11 is 1.44. The number of nitrogens with zero attached hydrogens (tertiary/aromatic N) is 3. The van der Waals surface area contributed by atoms with E-state index in [0.717, 1.165) is 40.9 Å². The van der Waals surface area contributed by atoms with Crippen molar-refractivity contribution in [3.05, 3.63) is 130 Å². The molecule has 0 spiro atoms. The van der Waals surface area contributed by atoms with Gasteiger partial charge >= 0.3 is 0 Å². The largest absolute Gasteiger partial charge is 0.469 e. The quantitative estimate of drug-likeness (QED) is 0.206. The highest BCUT2D eigenvalue weighted by atomic mass is 32.1. The molecular formula is C33H29N5O2S. The molecule has 0 fully saturated rings. The molecule has 1 aliphatic rings. The Morgan fingerprint density at radius 3 is 2.54 bits per heavy atom. The van der Waals surface area contributed by atoms with E-state index in [4.69, 9.17) is 10.00 Å². The Balaban J connectivity index is 1.14. The topological polar surface area (TPSA) is 103 Å². The lowest BCUT2D eigenvalue weighted by Gasteiger charge is -2.33. The van der Waals surface area contributed by atoms with Crippen LogP contribution in [-0.2, 0) is 6.42 Å². The van der Waals surface area contributed by atoms with Gasteiger partial charge in [-0.1, -0.05) is 66.7 Å². The van der Waals surface area contributed by atoms with Crippen LogP contribution in [-0.4, -0.2) is 34.3 Å². The van der Waals surface area contributed by atoms with E-state index in [9.17, 15) is 5.11 Å². The third-order valence-corrected chi connectivity index (χ3v) is 8.07. The normalized spacial score (nSPS) is 15.6. The summed E-state index contributed by atoms with van der Waals surface area (Å²) in [6.07, 6.45) is 3.48. The predicted octanol–water partition coefficient (Wildman–Crippen LogP) is 5.90. The minimum absolute atomic E-state index is 0.0338. The molecule has 0 unspecified atom stereocenters. The Bertz CT molecular complexity index is 1620. The fourth-order valence-electron chi connectivity index (χ4n) is 5.02. The maximum atomic E-state index is 10.6. The van der Waals surface area contributed by atoms with Crippen molar-refractivity contribution in [1.82, 2.24) is 15.3 Å². The summed E-state index contributed by atoms with van der Waals surface area (Å²) < 4.78 is 6.45. The van der Waals surface area contributed by atoms with Crippen LogP contribution in [0.15, 0.2) is 103 Å². The first-order valence-electron chi connectivity index (χ1n) is 13.5. The highest BCUT2D eigenvalue weighted by Crippen LogP contribution is 2.35. The second kappa shape index (κ2) is 12.3. The second-order valence-electron chi connectivity index (χ2n) is 9.91. The number of benzene rings is 3. The van der Waals surface area contributed by atoms with E-state index in [0.29, 0.717) is 23.0 Å². The van der Waals surface area contributed by atoms with Crippen molar-refractivity contribution in [2.45, 2.75) is 24.7 Å². The SMILES string of the molecule is N#Cc1ccc(CCN[C@H](c2ccccc2)[C@@H]2CNc3cc(-c4ccc([C@@H](O)c5nccs5)cc4)cnc3O2)cc1. The minimum Gasteiger partial charge on any atom is -0.469 e. The number of pyridine rings is 1. The van der Waals surface area contributed by atoms with Crippen LogP contribution >= 0.6 is 11.3 Å². The molecule has 41 heavy (non-hydrogen) atoms. The van der Waals surface area contributed by atoms with Crippen LogP contribution in [0.5, 0.6) is 5.88 Å². The highest BCUT2D eigenvalue weighted by molar-refractivity contribution is 7.09. The van der Waals surface area contributed by atoms with Crippen LogP contribution in [0.3, 0.4) is 0 Å². The van der Waals surface area contributed by atoms with Crippen molar-refractivity contribution in [2.24, 2.45) is 0 Å². The lowest BCUT2D eigenvalue weighted by molar-refractivity contribution is 0.150. The number of aliphatic hydroxyl groups excluding tert-OH is 1. The second-order valence-corrected chi connectivity index (χ2v) is 10.8. The van der Waals surface area contributed by atoms with Crippen LogP contribution in [0, 0.1) is 11.3 Å². The standard InChI is InChI=1S/C33H29N5O2S/c34-19-23-8-6-22(7-9-23)14-15-35-30(25-4-2-1-3-5-25)29-21-37-28-18-27(20-38-32(28)40-29)24-10-12-26(13-11-24)31(39)33-36-16-17-41-33/h1-13,16-18,20,29-31,35,37,39H,14-15,21H2/t29-,30+,31+/m0/s1. The van der Waals surface area contributed by atoms with Crippen molar-refractivity contribution in [2.75, 3.05) is 18.4 Å². The molecule has 3 atom stereocenters. The van der Waals surface area contributed by atoms with Gasteiger partial charge < -0.3 is 20.5 Å². The summed E-state index contributed by atoms with van der Waals surface area (Å²) in [6, 6.07) is 30.1. The van der Waals surface area contributed by atoms with E-state index in [1.54, 1.807) is 6.20 Å². The third kappa shape index (κ3) is 6.13. The third-order valence-electron chi connectivity index (χ3n) is 7.24. The zero-order chi connectivity index (χ0) is 28.0. The summed E-state index contributed by atoms with van der Waals surface area (Å²) in [7, 11) is 0. The van der Waals surface area contributed by atoms with E-state index < -0.39 is 6.10 Å². The molecule has 2 aromatic heterocycles. The van der Waals surface area contributed by atoms with E-state index >= 15 is 0 Å². The molecule has 3 aromatic carbocycles. The van der Waals surface area contributed by atoms with Gasteiger partial charge in [0.1, 0.15) is 17.2 Å². The number of anilines is 1. The van der Waals surface area contributed by atoms with Gasteiger partial charge in [0.25, 0.3) is 0 Å². The van der Waals surface area contributed by atoms with Gasteiger partial charge in [0, 0.05) is 23.3 Å². The molecule has 204 valence electrons. The average molecular weight is 560 g/mol. The molecule has 0 saturated heterocycles. The minimum atomic E-state index is -0.729. The summed E-state index contributed by atoms with van der Waals surface area (Å²) in [6.45, 7) is 1.39. The fraction of sp³-hybridized carbons (Fsp3) is 0.182. The molecule has 0 bridgehead atoms. The van der Waals surface area contributed by atoms with E-state index in [2.05, 4.69) is 44.9 Å². The Morgan fingerprint density at radius 2 is 1.80 bits per heavy atom. The first kappa shape index (κ1) is 26.7. The first-order chi connectivity index (χ1) is 20.2. The molecule has 1 aliphatic heterocycles. The zero-order valence-electron chi connectivity index (χ0n) is 22.3. The smallest absolute Gasteiger partial charge is 0.237 e. The Morgan fingerprint density at radius 1 is 1.00 bits per heavy atom. The number of nitrogens with one attached hydrogen (secondary N) is 2. The van der Waals surface area contributed by atoms with Crippen molar-refractivity contribution >= 4 is 17.0 Å². The lowest BCUT2D eigenvalue weighted by atomic mass is 9.99. The number of aliphatic hydroxyl groups is 1. The summed E-state index contributed by atoms with van der Waals surface area (Å²) in [5.41, 5.74) is 6.63. The Hall–Kier alpha value is -4.55. The maximum absolute atomic E-state index is 10.6. The molecule has 0 radical (unpaired) electrons. The van der Waals surface area contributed by atoms with Gasteiger partial charge in [0.2, 0.25) is 5.88 Å². The van der Waals surface area contributed by atoms with Gasteiger partial charge in [-0.05, 0) is 53.4 Å². The number of ether oxygens (including phenoxy) is 1. The van der Waals surface area contributed by atoms with Crippen LogP contribution in [0.2, 0.25) is 0 Å². The number of rotatable bonds is 9. The van der Waals surface area contributed by atoms with Crippen LogP contribution in [0.4, 0.5) is 5.69 Å². The zero-order valence-corrected chi connectivity index (χ0v) is 23.1. The maximum Gasteiger partial charge on any atom is 0.237 e. The fourth-order valence-corrected chi connectivity index (χ4v) is 5.67. The van der Waals surface area contributed by atoms with Crippen molar-refractivity contribution < 1.29 is 9.84 Å². The molecule has 5 aromatic rings. The first-order valence-corrected chi connectivity index (χ1v) is 14.4. The van der Waals surface area contributed by atoms with Crippen LogP contribution < -0.4 is 15.4 Å². The summed E-state index contributed by atoms with van der Waals surface area (Å²) in [5.74, 6) is 0.579. The number of thiazole rings is 1. The molecule has 6 rings (SSSR count). The van der Waals surface area contributed by atoms with Gasteiger partial charge in [0.15, 0.2) is 0 Å². The van der Waals surface area contributed by atoms with E-state index in [1.807, 2.05) is 78.3 Å². The Kier molecular flexibility index (Phi) is 8.01. The predicted molar refractivity (Wildman–Crippen MR) is 161 cm³/mol. The molecule has 0 amide bonds. The number of nitriles is 1. The number of fused-ring (bicyclic) bond motifs is 1. The van der Waals surface area contributed by atoms with Gasteiger partial charge in [-0.3, -0.25) is 0 Å². The van der Waals surface area contributed by atoms with Gasteiger partial charge in [0.05, 0.1) is 29.9 Å². The van der Waals surface area contributed by atoms with Gasteiger partial charge in [-0.2, -0.15) is 5.26 Å². The number of hydrogen-bond donors (Lipinski definition) is 3. The summed E-state index contributed by atoms with van der Waals surface area (Å²) in [5, 5.41) is 29.4. The van der Waals surface area contributed by atoms with Crippen LogP contribution in [0.1, 0.15) is 39.4 Å². The van der Waals surface area contributed by atoms with Gasteiger partial charge in [-0.25, -0.2) is 9.97 Å². The molecule has 0 aliphatic carbocycles. The van der Waals surface area contributed by atoms with Crippen molar-refractivity contribution in [3.63, 3.8) is 0 Å². The number of aromatic nitrogens is 2. The monoisotopic (exact) mass is 559 g/mol. The molecule has 3 heterocycles. The van der Waals surface area contributed by atoms with Crippen LogP contribution in [0.25, 0.3) is 11.1 Å². The van der Waals surface area contributed by atoms with Crippen molar-refractivity contribution in [1.29, 1.82) is 5.26 Å². The molecule has 3 N–H and O–H groups in total. The lowest BCUT2D eigenvalue weighted by Crippen LogP contribution is -2.43. The summed E-state index contributed by atoms with van der Waals surface area (Å²) in [4.78, 5) is 8.88. The van der Waals surface area contributed by atoms with E-state index in [-0.39, 0.29) is 12.1 Å². The Labute approximate surface area is 243 Å². The molecule has 8 heteroatoms. The highest BCUT2D eigenvalue weighted by Gasteiger charge is 2.29. The van der Waals surface area contributed by atoms with Gasteiger partial charge in [-0.15, -0.1) is 11.3 Å². The average Bonchev–Trinajstić information content (AvgIpc) is 3.58. The molecule has 0 saturated carbocycles. The molecule has 7 nitrogen and oxygen atoms in total.